The minimum Gasteiger partial charge on any atom is -0.496 e. The number of aromatic nitrogens is 1. The molecule has 0 N–H and O–H groups in total. The van der Waals surface area contributed by atoms with E-state index < -0.39 is 6.04 Å². The van der Waals surface area contributed by atoms with Gasteiger partial charge in [0.15, 0.2) is 16.3 Å². The predicted octanol–water partition coefficient (Wildman–Crippen LogP) is 5.60. The molecule has 234 valence electrons. The van der Waals surface area contributed by atoms with Crippen LogP contribution in [0.25, 0.3) is 6.08 Å². The summed E-state index contributed by atoms with van der Waals surface area (Å²) in [6, 6.07) is 16.6. The molecule has 0 aliphatic carbocycles. The van der Waals surface area contributed by atoms with Crippen molar-refractivity contribution in [3.63, 3.8) is 0 Å². The maximum Gasteiger partial charge on any atom is 0.271 e. The molecule has 1 amide bonds. The maximum atomic E-state index is 14.2. The number of carbonyl (C=O) groups excluding carboxylic acids is 1. The fourth-order valence-electron chi connectivity index (χ4n) is 5.34. The van der Waals surface area contributed by atoms with Crippen molar-refractivity contribution in [2.45, 2.75) is 33.4 Å². The second-order valence-electron chi connectivity index (χ2n) is 10.2. The van der Waals surface area contributed by atoms with Gasteiger partial charge in [0.05, 0.1) is 34.5 Å². The highest BCUT2D eigenvalue weighted by Crippen LogP contribution is 2.38. The molecular weight excluding hydrogens is 661 g/mol. The van der Waals surface area contributed by atoms with E-state index in [9.17, 15) is 14.0 Å². The van der Waals surface area contributed by atoms with E-state index in [4.69, 9.17) is 19.2 Å². The zero-order valence-corrected chi connectivity index (χ0v) is 28.0. The number of methoxy groups -OCH3 is 2. The molecular formula is C34H33BrFN3O5S. The molecule has 8 nitrogen and oxygen atoms in total. The first-order chi connectivity index (χ1) is 21.7. The number of benzene rings is 3. The molecule has 1 aromatic heterocycles. The molecule has 0 saturated heterocycles. The van der Waals surface area contributed by atoms with Crippen molar-refractivity contribution in [3.05, 3.63) is 119 Å². The number of allylic oxidation sites excluding steroid dienone is 1. The molecule has 1 atom stereocenters. The van der Waals surface area contributed by atoms with Crippen LogP contribution in [0.4, 0.5) is 4.39 Å². The van der Waals surface area contributed by atoms with Gasteiger partial charge in [0.2, 0.25) is 0 Å². The zero-order valence-electron chi connectivity index (χ0n) is 25.6. The zero-order chi connectivity index (χ0) is 32.2. The molecule has 0 unspecified atom stereocenters. The van der Waals surface area contributed by atoms with Crippen molar-refractivity contribution in [2.24, 2.45) is 4.99 Å². The van der Waals surface area contributed by atoms with Gasteiger partial charge in [-0.1, -0.05) is 47.7 Å². The molecule has 0 saturated carbocycles. The summed E-state index contributed by atoms with van der Waals surface area (Å²) in [6.07, 6.45) is 1.75. The summed E-state index contributed by atoms with van der Waals surface area (Å²) in [7, 11) is 3.08. The number of hydrogen-bond donors (Lipinski definition) is 0. The van der Waals surface area contributed by atoms with Crippen molar-refractivity contribution in [3.8, 4) is 17.2 Å². The highest BCUT2D eigenvalue weighted by molar-refractivity contribution is 9.10. The molecule has 0 radical (unpaired) electrons. The fourth-order valence-corrected chi connectivity index (χ4v) is 6.96. The lowest BCUT2D eigenvalue weighted by molar-refractivity contribution is -0.127. The van der Waals surface area contributed by atoms with Crippen LogP contribution in [0.3, 0.4) is 0 Å². The molecule has 45 heavy (non-hydrogen) atoms. The van der Waals surface area contributed by atoms with E-state index in [0.29, 0.717) is 72.1 Å². The van der Waals surface area contributed by atoms with E-state index in [0.717, 1.165) is 0 Å². The normalized spacial score (nSPS) is 14.6. The van der Waals surface area contributed by atoms with E-state index in [1.807, 2.05) is 38.1 Å². The van der Waals surface area contributed by atoms with Gasteiger partial charge in [0.1, 0.15) is 24.2 Å². The minimum absolute atomic E-state index is 0.0103. The van der Waals surface area contributed by atoms with E-state index in [1.54, 1.807) is 59.9 Å². The molecule has 0 fully saturated rings. The number of para-hydroxylation sites is 1. The van der Waals surface area contributed by atoms with Gasteiger partial charge < -0.3 is 19.1 Å². The van der Waals surface area contributed by atoms with Gasteiger partial charge in [0, 0.05) is 24.2 Å². The number of nitrogens with zero attached hydrogens (tertiary/aromatic N) is 3. The van der Waals surface area contributed by atoms with Crippen molar-refractivity contribution in [1.29, 1.82) is 0 Å². The number of likely N-dealkylation sites (N-methyl/N-ethyl adjacent to an activating group) is 1. The number of halogens is 2. The summed E-state index contributed by atoms with van der Waals surface area (Å²) in [5.74, 6) is 0.853. The Bertz CT molecular complexity index is 1960. The van der Waals surface area contributed by atoms with Gasteiger partial charge >= 0.3 is 0 Å². The third-order valence-electron chi connectivity index (χ3n) is 7.62. The van der Waals surface area contributed by atoms with Crippen LogP contribution in [0, 0.1) is 5.82 Å². The third kappa shape index (κ3) is 6.32. The Hall–Kier alpha value is -4.22. The molecule has 0 spiro atoms. The number of hydrogen-bond acceptors (Lipinski definition) is 7. The van der Waals surface area contributed by atoms with Crippen LogP contribution in [0.5, 0.6) is 17.2 Å². The first-order valence-electron chi connectivity index (χ1n) is 14.4. The van der Waals surface area contributed by atoms with Gasteiger partial charge in [-0.25, -0.2) is 9.38 Å². The molecule has 1 aliphatic rings. The van der Waals surface area contributed by atoms with Crippen LogP contribution in [-0.4, -0.2) is 42.7 Å². The highest BCUT2D eigenvalue weighted by atomic mass is 79.9. The largest absolute Gasteiger partial charge is 0.496 e. The Morgan fingerprint density at radius 1 is 1.07 bits per heavy atom. The number of carbonyl (C=O) groups is 1. The topological polar surface area (TPSA) is 82.4 Å². The first-order valence-corrected chi connectivity index (χ1v) is 16.0. The average Bonchev–Trinajstić information content (AvgIpc) is 3.34. The Labute approximate surface area is 272 Å². The summed E-state index contributed by atoms with van der Waals surface area (Å²) in [4.78, 5) is 35.0. The summed E-state index contributed by atoms with van der Waals surface area (Å²) >= 11 is 4.79. The number of ether oxygens (including phenoxy) is 3. The molecule has 0 bridgehead atoms. The van der Waals surface area contributed by atoms with Crippen LogP contribution in [0.15, 0.2) is 86.2 Å². The standard InChI is InChI=1S/C34H33BrFN3O5S/c1-6-38(7-2)33(41)29-20(3)37-34-39(30(29)23-13-9-11-15-26(23)42-4)32(40)28(45-34)18-21-16-24(35)31(27(17-21)43-5)44-19-22-12-8-10-14-25(22)36/h8-18,30H,6-7,19H2,1-5H3/b28-18+/t30-/m0/s1. The van der Waals surface area contributed by atoms with Crippen LogP contribution in [0.2, 0.25) is 0 Å². The van der Waals surface area contributed by atoms with Gasteiger partial charge in [-0.2, -0.15) is 0 Å². The monoisotopic (exact) mass is 693 g/mol. The Morgan fingerprint density at radius 3 is 2.44 bits per heavy atom. The first kappa shape index (κ1) is 32.2. The quantitative estimate of drug-likeness (QED) is 0.216. The maximum absolute atomic E-state index is 14.2. The van der Waals surface area contributed by atoms with Crippen LogP contribution < -0.4 is 29.1 Å². The van der Waals surface area contributed by atoms with Gasteiger partial charge in [-0.15, -0.1) is 0 Å². The second-order valence-corrected chi connectivity index (χ2v) is 12.1. The highest BCUT2D eigenvalue weighted by Gasteiger charge is 2.35. The van der Waals surface area contributed by atoms with E-state index in [-0.39, 0.29) is 23.9 Å². The fraction of sp³-hybridized carbons (Fsp3) is 0.265. The average molecular weight is 695 g/mol. The van der Waals surface area contributed by atoms with E-state index in [2.05, 4.69) is 15.9 Å². The van der Waals surface area contributed by atoms with E-state index in [1.165, 1.54) is 24.5 Å². The Morgan fingerprint density at radius 2 is 1.76 bits per heavy atom. The summed E-state index contributed by atoms with van der Waals surface area (Å²) < 4.78 is 34.0. The lowest BCUT2D eigenvalue weighted by Gasteiger charge is -2.29. The van der Waals surface area contributed by atoms with Gasteiger partial charge in [-0.3, -0.25) is 14.2 Å². The van der Waals surface area contributed by atoms with Crippen molar-refractivity contribution in [2.75, 3.05) is 27.3 Å². The predicted molar refractivity (Wildman–Crippen MR) is 176 cm³/mol. The van der Waals surface area contributed by atoms with Crippen LogP contribution in [-0.2, 0) is 11.4 Å². The molecule has 4 aromatic rings. The summed E-state index contributed by atoms with van der Waals surface area (Å²) in [6.45, 7) is 6.70. The molecule has 2 heterocycles. The third-order valence-corrected chi connectivity index (χ3v) is 9.19. The molecule has 3 aromatic carbocycles. The van der Waals surface area contributed by atoms with Crippen molar-refractivity contribution >= 4 is 39.2 Å². The second kappa shape index (κ2) is 13.8. The van der Waals surface area contributed by atoms with Crippen LogP contribution >= 0.6 is 27.3 Å². The van der Waals surface area contributed by atoms with Crippen LogP contribution in [0.1, 0.15) is 43.5 Å². The lowest BCUT2D eigenvalue weighted by atomic mass is 9.94. The molecule has 5 rings (SSSR count). The number of rotatable bonds is 10. The molecule has 11 heteroatoms. The van der Waals surface area contributed by atoms with Gasteiger partial charge in [0.25, 0.3) is 11.5 Å². The molecule has 1 aliphatic heterocycles. The van der Waals surface area contributed by atoms with Crippen molar-refractivity contribution < 1.29 is 23.4 Å². The smallest absolute Gasteiger partial charge is 0.271 e. The number of fused-ring (bicyclic) bond motifs is 1. The SMILES string of the molecule is CCN(CC)C(=O)C1=C(C)N=c2s/c(=C/c3cc(Br)c(OCc4ccccc4F)c(OC)c3)c(=O)n2[C@H]1c1ccccc1OC. The Kier molecular flexibility index (Phi) is 9.89. The number of thiazole rings is 1. The van der Waals surface area contributed by atoms with E-state index >= 15 is 0 Å². The summed E-state index contributed by atoms with van der Waals surface area (Å²) in [5, 5.41) is 0. The van der Waals surface area contributed by atoms with Crippen molar-refractivity contribution in [1.82, 2.24) is 9.47 Å². The lowest BCUT2D eigenvalue weighted by Crippen LogP contribution is -2.43. The summed E-state index contributed by atoms with van der Waals surface area (Å²) in [5.41, 5.74) is 2.47. The minimum atomic E-state index is -0.733. The number of amides is 1. The van der Waals surface area contributed by atoms with Gasteiger partial charge in [-0.05, 0) is 72.6 Å². The Balaban J connectivity index is 1.62.